The Hall–Kier alpha value is -1.52. The highest BCUT2D eigenvalue weighted by Crippen LogP contribution is 2.20. The molecule has 1 aromatic rings. The number of aryl methyl sites for hydroxylation is 1. The van der Waals surface area contributed by atoms with Crippen LogP contribution in [0.1, 0.15) is 23.0 Å². The number of aromatic nitrogens is 2. The number of rotatable bonds is 3. The number of ether oxygens (including phenoxy) is 1. The van der Waals surface area contributed by atoms with E-state index in [2.05, 4.69) is 5.10 Å². The van der Waals surface area contributed by atoms with Crippen molar-refractivity contribution in [3.63, 3.8) is 0 Å². The summed E-state index contributed by atoms with van der Waals surface area (Å²) in [5.41, 5.74) is 0.614. The van der Waals surface area contributed by atoms with Gasteiger partial charge in [-0.15, -0.1) is 0 Å². The van der Waals surface area contributed by atoms with Crippen LogP contribution in [-0.2, 0) is 7.05 Å². The molecular weight excluding hydrogens is 172 g/mol. The van der Waals surface area contributed by atoms with Gasteiger partial charge in [0.15, 0.2) is 5.69 Å². The lowest BCUT2D eigenvalue weighted by Gasteiger charge is -2.02. The van der Waals surface area contributed by atoms with Gasteiger partial charge in [0.2, 0.25) is 5.88 Å². The molecule has 5 nitrogen and oxygen atoms in total. The number of carboxylic acid groups (broad SMARTS) is 1. The van der Waals surface area contributed by atoms with Crippen LogP contribution in [0.4, 0.5) is 0 Å². The average Bonchev–Trinajstić information content (AvgIpc) is 2.32. The first-order chi connectivity index (χ1) is 6.07. The molecule has 1 heterocycles. The maximum absolute atomic E-state index is 10.7. The number of nitrogens with zero attached hydrogens (tertiary/aromatic N) is 2. The molecule has 1 aromatic heterocycles. The van der Waals surface area contributed by atoms with Gasteiger partial charge < -0.3 is 9.84 Å². The lowest BCUT2D eigenvalue weighted by Crippen LogP contribution is -2.00. The highest BCUT2D eigenvalue weighted by Gasteiger charge is 2.18. The summed E-state index contributed by atoms with van der Waals surface area (Å²) in [6.45, 7) is 4.02. The van der Waals surface area contributed by atoms with E-state index in [1.54, 1.807) is 14.0 Å². The summed E-state index contributed by atoms with van der Waals surface area (Å²) in [7, 11) is 1.66. The van der Waals surface area contributed by atoms with Gasteiger partial charge in [0.1, 0.15) is 0 Å². The predicted octanol–water partition coefficient (Wildman–Crippen LogP) is 0.825. The Morgan fingerprint density at radius 1 is 1.69 bits per heavy atom. The Kier molecular flexibility index (Phi) is 2.55. The van der Waals surface area contributed by atoms with Crippen molar-refractivity contribution in [3.05, 3.63) is 11.3 Å². The van der Waals surface area contributed by atoms with E-state index in [4.69, 9.17) is 9.84 Å². The molecule has 0 aliphatic rings. The Morgan fingerprint density at radius 3 is 2.69 bits per heavy atom. The van der Waals surface area contributed by atoms with Crippen LogP contribution in [0, 0.1) is 6.92 Å². The van der Waals surface area contributed by atoms with Crippen molar-refractivity contribution in [3.8, 4) is 5.88 Å². The molecule has 0 aliphatic heterocycles. The molecule has 5 heteroatoms. The van der Waals surface area contributed by atoms with Crippen molar-refractivity contribution in [2.45, 2.75) is 13.8 Å². The molecule has 0 spiro atoms. The third-order valence-electron chi connectivity index (χ3n) is 1.70. The molecule has 0 fully saturated rings. The van der Waals surface area contributed by atoms with Crippen molar-refractivity contribution in [1.82, 2.24) is 9.78 Å². The molecule has 0 radical (unpaired) electrons. The van der Waals surface area contributed by atoms with Crippen LogP contribution < -0.4 is 4.74 Å². The molecule has 1 N–H and O–H groups in total. The SMILES string of the molecule is CCOc1c(C)c(C(=O)O)nn1C. The zero-order chi connectivity index (χ0) is 10.0. The fraction of sp³-hybridized carbons (Fsp3) is 0.500. The van der Waals surface area contributed by atoms with Crippen LogP contribution >= 0.6 is 0 Å². The Labute approximate surface area is 75.9 Å². The first-order valence-electron chi connectivity index (χ1n) is 3.97. The fourth-order valence-corrected chi connectivity index (χ4v) is 1.16. The predicted molar refractivity (Wildman–Crippen MR) is 46.1 cm³/mol. The second-order valence-electron chi connectivity index (χ2n) is 2.64. The second kappa shape index (κ2) is 3.47. The monoisotopic (exact) mass is 184 g/mol. The van der Waals surface area contributed by atoms with Gasteiger partial charge in [-0.25, -0.2) is 9.48 Å². The van der Waals surface area contributed by atoms with Crippen molar-refractivity contribution in [2.75, 3.05) is 6.61 Å². The third-order valence-corrected chi connectivity index (χ3v) is 1.70. The van der Waals surface area contributed by atoms with Crippen LogP contribution in [0.5, 0.6) is 5.88 Å². The number of hydrogen-bond acceptors (Lipinski definition) is 3. The van der Waals surface area contributed by atoms with Gasteiger partial charge in [-0.3, -0.25) is 0 Å². The van der Waals surface area contributed by atoms with Crippen molar-refractivity contribution >= 4 is 5.97 Å². The van der Waals surface area contributed by atoms with E-state index in [1.165, 1.54) is 4.68 Å². The molecule has 72 valence electrons. The Balaban J connectivity index is 3.14. The summed E-state index contributed by atoms with van der Waals surface area (Å²) in [6, 6.07) is 0. The molecule has 13 heavy (non-hydrogen) atoms. The van der Waals surface area contributed by atoms with E-state index in [0.29, 0.717) is 18.1 Å². The normalized spacial score (nSPS) is 10.1. The molecule has 0 aliphatic carbocycles. The summed E-state index contributed by atoms with van der Waals surface area (Å²) >= 11 is 0. The maximum atomic E-state index is 10.7. The zero-order valence-corrected chi connectivity index (χ0v) is 7.87. The van der Waals surface area contributed by atoms with E-state index in [-0.39, 0.29) is 5.69 Å². The summed E-state index contributed by atoms with van der Waals surface area (Å²) in [5.74, 6) is -0.515. The largest absolute Gasteiger partial charge is 0.478 e. The summed E-state index contributed by atoms with van der Waals surface area (Å²) in [6.07, 6.45) is 0. The van der Waals surface area contributed by atoms with E-state index in [9.17, 15) is 4.79 Å². The molecule has 0 aromatic carbocycles. The maximum Gasteiger partial charge on any atom is 0.356 e. The molecule has 0 bridgehead atoms. The summed E-state index contributed by atoms with van der Waals surface area (Å²) in [5, 5.41) is 12.6. The zero-order valence-electron chi connectivity index (χ0n) is 7.87. The Morgan fingerprint density at radius 2 is 2.31 bits per heavy atom. The van der Waals surface area contributed by atoms with Gasteiger partial charge in [-0.2, -0.15) is 5.10 Å². The molecule has 0 amide bonds. The van der Waals surface area contributed by atoms with Crippen LogP contribution in [0.15, 0.2) is 0 Å². The van der Waals surface area contributed by atoms with Gasteiger partial charge in [-0.1, -0.05) is 0 Å². The minimum atomic E-state index is -1.03. The standard InChI is InChI=1S/C8H12N2O3/c1-4-13-7-5(2)6(8(11)12)9-10(7)3/h4H2,1-3H3,(H,11,12). The topological polar surface area (TPSA) is 64.3 Å². The minimum Gasteiger partial charge on any atom is -0.478 e. The van der Waals surface area contributed by atoms with Crippen molar-refractivity contribution in [2.24, 2.45) is 7.05 Å². The first-order valence-corrected chi connectivity index (χ1v) is 3.97. The van der Waals surface area contributed by atoms with Crippen LogP contribution in [0.25, 0.3) is 0 Å². The highest BCUT2D eigenvalue weighted by atomic mass is 16.5. The summed E-state index contributed by atoms with van der Waals surface area (Å²) < 4.78 is 6.67. The van der Waals surface area contributed by atoms with Gasteiger partial charge in [0, 0.05) is 12.6 Å². The smallest absolute Gasteiger partial charge is 0.356 e. The lowest BCUT2D eigenvalue weighted by atomic mass is 10.3. The quantitative estimate of drug-likeness (QED) is 0.755. The van der Waals surface area contributed by atoms with Gasteiger partial charge in [-0.05, 0) is 13.8 Å². The molecule has 0 saturated heterocycles. The van der Waals surface area contributed by atoms with Gasteiger partial charge in [0.25, 0.3) is 0 Å². The van der Waals surface area contributed by atoms with Gasteiger partial charge >= 0.3 is 5.97 Å². The minimum absolute atomic E-state index is 0.0472. The molecule has 0 atom stereocenters. The number of carboxylic acids is 1. The van der Waals surface area contributed by atoms with Crippen LogP contribution in [0.2, 0.25) is 0 Å². The first kappa shape index (κ1) is 9.57. The number of carbonyl (C=O) groups is 1. The molecule has 0 saturated carbocycles. The highest BCUT2D eigenvalue weighted by molar-refractivity contribution is 5.87. The van der Waals surface area contributed by atoms with E-state index in [1.807, 2.05) is 6.92 Å². The van der Waals surface area contributed by atoms with E-state index >= 15 is 0 Å². The third kappa shape index (κ3) is 1.63. The number of hydrogen-bond donors (Lipinski definition) is 1. The van der Waals surface area contributed by atoms with Crippen LogP contribution in [-0.4, -0.2) is 27.5 Å². The molecular formula is C8H12N2O3. The van der Waals surface area contributed by atoms with E-state index < -0.39 is 5.97 Å². The van der Waals surface area contributed by atoms with E-state index in [0.717, 1.165) is 0 Å². The van der Waals surface area contributed by atoms with Crippen molar-refractivity contribution < 1.29 is 14.6 Å². The van der Waals surface area contributed by atoms with Crippen molar-refractivity contribution in [1.29, 1.82) is 0 Å². The Bertz CT molecular complexity index is 330. The molecule has 0 unspecified atom stereocenters. The lowest BCUT2D eigenvalue weighted by molar-refractivity contribution is 0.0689. The molecule has 1 rings (SSSR count). The average molecular weight is 184 g/mol. The summed E-state index contributed by atoms with van der Waals surface area (Å²) in [4.78, 5) is 10.7. The van der Waals surface area contributed by atoms with Crippen LogP contribution in [0.3, 0.4) is 0 Å². The van der Waals surface area contributed by atoms with Gasteiger partial charge in [0.05, 0.1) is 6.61 Å². The fourth-order valence-electron chi connectivity index (χ4n) is 1.16. The second-order valence-corrected chi connectivity index (χ2v) is 2.64. The number of aromatic carboxylic acids is 1.